The number of H-pyrrole nitrogens is 1. The Morgan fingerprint density at radius 3 is 2.41 bits per heavy atom. The highest BCUT2D eigenvalue weighted by Gasteiger charge is 2.19. The Balaban J connectivity index is 1.42. The maximum absolute atomic E-state index is 12.4. The van der Waals surface area contributed by atoms with Crippen molar-refractivity contribution in [1.29, 1.82) is 0 Å². The van der Waals surface area contributed by atoms with Gasteiger partial charge in [0.25, 0.3) is 5.56 Å². The van der Waals surface area contributed by atoms with Gasteiger partial charge >= 0.3 is 0 Å². The molecule has 170 valence electrons. The van der Waals surface area contributed by atoms with Crippen molar-refractivity contribution in [1.82, 2.24) is 19.8 Å². The molecule has 1 N–H and O–H groups in total. The second-order valence-corrected chi connectivity index (χ2v) is 8.49. The molecule has 6 nitrogen and oxygen atoms in total. The molecule has 1 aliphatic rings. The summed E-state index contributed by atoms with van der Waals surface area (Å²) in [6, 6.07) is 22.3. The Morgan fingerprint density at radius 2 is 1.71 bits per heavy atom. The number of carbonyl (C=O) groups is 1. The molecule has 1 fully saturated rings. The molecule has 1 amide bonds. The third-order valence-electron chi connectivity index (χ3n) is 6.33. The highest BCUT2D eigenvalue weighted by molar-refractivity contribution is 5.91. The van der Waals surface area contributed by atoms with E-state index in [0.717, 1.165) is 55.1 Å². The molecular weight excluding hydrogens is 424 g/mol. The first-order valence-corrected chi connectivity index (χ1v) is 11.4. The molecule has 5 rings (SSSR count). The van der Waals surface area contributed by atoms with Gasteiger partial charge in [-0.15, -0.1) is 0 Å². The third-order valence-corrected chi connectivity index (χ3v) is 6.33. The molecule has 4 aromatic rings. The number of aromatic nitrogens is 2. The number of carbonyl (C=O) groups excluding carboxylic acids is 1. The van der Waals surface area contributed by atoms with Gasteiger partial charge in [-0.3, -0.25) is 14.5 Å². The van der Waals surface area contributed by atoms with E-state index >= 15 is 0 Å². The molecule has 34 heavy (non-hydrogen) atoms. The van der Waals surface area contributed by atoms with Gasteiger partial charge in [-0.1, -0.05) is 61.2 Å². The van der Waals surface area contributed by atoms with Gasteiger partial charge in [-0.25, -0.2) is 4.98 Å². The predicted octanol–water partition coefficient (Wildman–Crippen LogP) is 4.09. The highest BCUT2D eigenvalue weighted by Crippen LogP contribution is 2.32. The average Bonchev–Trinajstić information content (AvgIpc) is 2.89. The molecule has 2 aromatic heterocycles. The van der Waals surface area contributed by atoms with E-state index in [-0.39, 0.29) is 11.5 Å². The van der Waals surface area contributed by atoms with Crippen molar-refractivity contribution in [3.05, 3.63) is 101 Å². The second-order valence-electron chi connectivity index (χ2n) is 8.49. The first kappa shape index (κ1) is 21.8. The van der Waals surface area contributed by atoms with E-state index in [2.05, 4.69) is 40.7 Å². The van der Waals surface area contributed by atoms with Crippen LogP contribution in [0.3, 0.4) is 0 Å². The van der Waals surface area contributed by atoms with Gasteiger partial charge < -0.3 is 9.88 Å². The van der Waals surface area contributed by atoms with Crippen LogP contribution in [0.25, 0.3) is 33.3 Å². The van der Waals surface area contributed by atoms with Crippen LogP contribution in [0.5, 0.6) is 0 Å². The van der Waals surface area contributed by atoms with Gasteiger partial charge in [0.05, 0.1) is 16.6 Å². The van der Waals surface area contributed by atoms with Crippen molar-refractivity contribution < 1.29 is 4.79 Å². The summed E-state index contributed by atoms with van der Waals surface area (Å²) in [5.41, 5.74) is 5.56. The quantitative estimate of drug-likeness (QED) is 0.465. The average molecular weight is 451 g/mol. The maximum Gasteiger partial charge on any atom is 0.257 e. The fraction of sp³-hybridized carbons (Fsp3) is 0.179. The standard InChI is InChI=1S/C28H26N4O2/c1-2-26(33)32-16-14-31(15-17-32)19-20-8-10-22(11-9-20)27-23(21-6-4-3-5-7-21)18-24-25(30-27)12-13-29-28(24)34/h2-13,18H,1,14-17,19H2,(H,29,34). The zero-order valence-corrected chi connectivity index (χ0v) is 18.9. The molecule has 1 saturated heterocycles. The summed E-state index contributed by atoms with van der Waals surface area (Å²) in [7, 11) is 0. The number of piperazine rings is 1. The molecule has 0 atom stereocenters. The molecule has 3 heterocycles. The molecule has 0 radical (unpaired) electrons. The number of pyridine rings is 2. The van der Waals surface area contributed by atoms with Crippen LogP contribution in [0.15, 0.2) is 90.4 Å². The van der Waals surface area contributed by atoms with Crippen molar-refractivity contribution in [2.75, 3.05) is 26.2 Å². The smallest absolute Gasteiger partial charge is 0.257 e. The zero-order chi connectivity index (χ0) is 23.5. The number of nitrogens with one attached hydrogen (secondary N) is 1. The Hall–Kier alpha value is -4.03. The summed E-state index contributed by atoms with van der Waals surface area (Å²) in [5.74, 6) is 0.00287. The Kier molecular flexibility index (Phi) is 6.06. The topological polar surface area (TPSA) is 69.3 Å². The van der Waals surface area contributed by atoms with E-state index in [9.17, 15) is 9.59 Å². The molecule has 0 bridgehead atoms. The molecule has 0 aliphatic carbocycles. The van der Waals surface area contributed by atoms with Gasteiger partial charge in [-0.05, 0) is 29.3 Å². The van der Waals surface area contributed by atoms with Gasteiger partial charge in [0.15, 0.2) is 0 Å². The Labute approximate surface area is 198 Å². The fourth-order valence-corrected chi connectivity index (χ4v) is 4.45. The van der Waals surface area contributed by atoms with Crippen molar-refractivity contribution in [3.63, 3.8) is 0 Å². The number of aromatic amines is 1. The third kappa shape index (κ3) is 4.40. The molecule has 0 spiro atoms. The number of rotatable bonds is 5. The van der Waals surface area contributed by atoms with E-state index in [4.69, 9.17) is 4.98 Å². The number of hydrogen-bond donors (Lipinski definition) is 1. The largest absolute Gasteiger partial charge is 0.337 e. The number of hydrogen-bond acceptors (Lipinski definition) is 4. The van der Waals surface area contributed by atoms with Crippen LogP contribution in [-0.4, -0.2) is 51.9 Å². The molecular formula is C28H26N4O2. The minimum Gasteiger partial charge on any atom is -0.337 e. The number of nitrogens with zero attached hydrogens (tertiary/aromatic N) is 3. The monoisotopic (exact) mass is 450 g/mol. The van der Waals surface area contributed by atoms with Gasteiger partial charge in [-0.2, -0.15) is 0 Å². The van der Waals surface area contributed by atoms with Crippen molar-refractivity contribution in [3.8, 4) is 22.4 Å². The van der Waals surface area contributed by atoms with Crippen LogP contribution >= 0.6 is 0 Å². The van der Waals surface area contributed by atoms with E-state index in [1.165, 1.54) is 11.6 Å². The SMILES string of the molecule is C=CC(=O)N1CCN(Cc2ccc(-c3nc4cc[nH]c(=O)c4cc3-c3ccccc3)cc2)CC1. The van der Waals surface area contributed by atoms with Gasteiger partial charge in [0.1, 0.15) is 0 Å². The van der Waals surface area contributed by atoms with Crippen LogP contribution in [0, 0.1) is 0 Å². The maximum atomic E-state index is 12.4. The first-order valence-electron chi connectivity index (χ1n) is 11.4. The van der Waals surface area contributed by atoms with E-state index < -0.39 is 0 Å². The first-order chi connectivity index (χ1) is 16.6. The second kappa shape index (κ2) is 9.45. The number of fused-ring (bicyclic) bond motifs is 1. The predicted molar refractivity (Wildman–Crippen MR) is 135 cm³/mol. The zero-order valence-electron chi connectivity index (χ0n) is 18.9. The normalized spacial score (nSPS) is 14.3. The van der Waals surface area contributed by atoms with Crippen LogP contribution in [0.1, 0.15) is 5.56 Å². The molecule has 1 aliphatic heterocycles. The molecule has 2 aromatic carbocycles. The minimum atomic E-state index is -0.140. The summed E-state index contributed by atoms with van der Waals surface area (Å²) < 4.78 is 0. The fourth-order valence-electron chi connectivity index (χ4n) is 4.45. The lowest BCUT2D eigenvalue weighted by molar-refractivity contribution is -0.127. The lowest BCUT2D eigenvalue weighted by Crippen LogP contribution is -2.47. The number of benzene rings is 2. The summed E-state index contributed by atoms with van der Waals surface area (Å²) >= 11 is 0. The van der Waals surface area contributed by atoms with Crippen LogP contribution in [0.2, 0.25) is 0 Å². The van der Waals surface area contributed by atoms with Crippen LogP contribution in [0.4, 0.5) is 0 Å². The van der Waals surface area contributed by atoms with E-state index in [0.29, 0.717) is 10.9 Å². The van der Waals surface area contributed by atoms with Crippen LogP contribution in [-0.2, 0) is 11.3 Å². The van der Waals surface area contributed by atoms with E-state index in [1.54, 1.807) is 6.20 Å². The molecule has 0 unspecified atom stereocenters. The Bertz CT molecular complexity index is 1390. The van der Waals surface area contributed by atoms with Crippen molar-refractivity contribution in [2.24, 2.45) is 0 Å². The minimum absolute atomic E-state index is 0.00287. The van der Waals surface area contributed by atoms with Crippen molar-refractivity contribution >= 4 is 16.8 Å². The molecule has 0 saturated carbocycles. The van der Waals surface area contributed by atoms with Crippen LogP contribution < -0.4 is 5.56 Å². The lowest BCUT2D eigenvalue weighted by Gasteiger charge is -2.34. The van der Waals surface area contributed by atoms with Gasteiger partial charge in [0, 0.05) is 50.0 Å². The summed E-state index contributed by atoms with van der Waals surface area (Å²) in [6.45, 7) is 7.56. The van der Waals surface area contributed by atoms with Crippen molar-refractivity contribution in [2.45, 2.75) is 6.54 Å². The lowest BCUT2D eigenvalue weighted by atomic mass is 9.97. The Morgan fingerprint density at radius 1 is 0.971 bits per heavy atom. The van der Waals surface area contributed by atoms with E-state index in [1.807, 2.05) is 47.4 Å². The summed E-state index contributed by atoms with van der Waals surface area (Å²) in [5, 5.41) is 0.579. The van der Waals surface area contributed by atoms with Gasteiger partial charge in [0.2, 0.25) is 5.91 Å². The summed E-state index contributed by atoms with van der Waals surface area (Å²) in [4.78, 5) is 36.0. The number of amides is 1. The molecule has 6 heteroatoms. The summed E-state index contributed by atoms with van der Waals surface area (Å²) in [6.07, 6.45) is 3.02. The highest BCUT2D eigenvalue weighted by atomic mass is 16.2.